The van der Waals surface area contributed by atoms with E-state index in [-0.39, 0.29) is 5.91 Å². The summed E-state index contributed by atoms with van der Waals surface area (Å²) in [4.78, 5) is 12.7. The fraction of sp³-hybridized carbons (Fsp3) is 0.652. The van der Waals surface area contributed by atoms with E-state index >= 15 is 0 Å². The van der Waals surface area contributed by atoms with E-state index in [4.69, 9.17) is 17.0 Å². The van der Waals surface area contributed by atoms with Crippen molar-refractivity contribution in [1.82, 2.24) is 10.6 Å². The number of ether oxygens (including phenoxy) is 1. The Balaban J connectivity index is 1.85. The minimum atomic E-state index is -0.221. The lowest BCUT2D eigenvalue weighted by molar-refractivity contribution is 0.0972. The largest absolute Gasteiger partial charge is 0.493 e. The molecule has 1 aromatic rings. The van der Waals surface area contributed by atoms with Gasteiger partial charge in [-0.05, 0) is 73.7 Å². The Bertz CT molecular complexity index is 659. The van der Waals surface area contributed by atoms with Crippen molar-refractivity contribution in [1.29, 1.82) is 0 Å². The number of hydrogen-bond acceptors (Lipinski definition) is 3. The Kier molecular flexibility index (Phi) is 8.29. The van der Waals surface area contributed by atoms with E-state index in [0.717, 1.165) is 25.2 Å². The lowest BCUT2D eigenvalue weighted by Crippen LogP contribution is -2.46. The molecule has 0 aromatic heterocycles. The first-order valence-electron chi connectivity index (χ1n) is 10.5. The number of rotatable bonds is 6. The second-order valence-electron chi connectivity index (χ2n) is 9.37. The average Bonchev–Trinajstić information content (AvgIpc) is 2.61. The number of thiocarbonyl (C=S) groups is 1. The highest BCUT2D eigenvalue weighted by Crippen LogP contribution is 2.37. The molecule has 2 N–H and O–H groups in total. The van der Waals surface area contributed by atoms with Crippen LogP contribution in [0.25, 0.3) is 0 Å². The standard InChI is InChI=1S/C23H36N2O2S/c1-16(2)14-15-27-20-9-7-6-8-19(20)21(26)25-22(28)24-18-12-10-17(11-13-18)23(3,4)5/h6-9,16-18H,10-15H2,1-5H3,(H2,24,25,26,28). The van der Waals surface area contributed by atoms with Crippen molar-refractivity contribution in [2.45, 2.75) is 72.8 Å². The first-order chi connectivity index (χ1) is 13.2. The second kappa shape index (κ2) is 10.2. The molecule has 0 unspecified atom stereocenters. The Morgan fingerprint density at radius 3 is 2.43 bits per heavy atom. The van der Waals surface area contributed by atoms with E-state index in [1.54, 1.807) is 6.07 Å². The number of carbonyl (C=O) groups is 1. The molecular weight excluding hydrogens is 368 g/mol. The number of amides is 1. The zero-order valence-corrected chi connectivity index (χ0v) is 18.8. The fourth-order valence-electron chi connectivity index (χ4n) is 3.68. The van der Waals surface area contributed by atoms with Crippen molar-refractivity contribution in [3.05, 3.63) is 29.8 Å². The molecule has 0 bridgehead atoms. The van der Waals surface area contributed by atoms with Gasteiger partial charge in [0.05, 0.1) is 12.2 Å². The molecule has 28 heavy (non-hydrogen) atoms. The van der Waals surface area contributed by atoms with Gasteiger partial charge in [-0.1, -0.05) is 46.8 Å². The van der Waals surface area contributed by atoms with Crippen molar-refractivity contribution < 1.29 is 9.53 Å². The molecule has 0 spiro atoms. The summed E-state index contributed by atoms with van der Waals surface area (Å²) in [7, 11) is 0. The van der Waals surface area contributed by atoms with Gasteiger partial charge in [-0.3, -0.25) is 10.1 Å². The number of benzene rings is 1. The summed E-state index contributed by atoms with van der Waals surface area (Å²) < 4.78 is 5.82. The maximum absolute atomic E-state index is 12.7. The summed E-state index contributed by atoms with van der Waals surface area (Å²) in [6.07, 6.45) is 5.53. The van der Waals surface area contributed by atoms with Gasteiger partial charge in [-0.15, -0.1) is 0 Å². The highest BCUT2D eigenvalue weighted by atomic mass is 32.1. The maximum atomic E-state index is 12.7. The van der Waals surface area contributed by atoms with Crippen molar-refractivity contribution >= 4 is 23.2 Å². The zero-order chi connectivity index (χ0) is 20.7. The Morgan fingerprint density at radius 1 is 1.18 bits per heavy atom. The normalized spacial score (nSPS) is 19.9. The molecule has 1 fully saturated rings. The number of nitrogens with one attached hydrogen (secondary N) is 2. The fourth-order valence-corrected chi connectivity index (χ4v) is 3.94. The van der Waals surface area contributed by atoms with E-state index < -0.39 is 0 Å². The number of carbonyl (C=O) groups excluding carboxylic acids is 1. The summed E-state index contributed by atoms with van der Waals surface area (Å²) >= 11 is 5.40. The summed E-state index contributed by atoms with van der Waals surface area (Å²) in [6.45, 7) is 11.9. The summed E-state index contributed by atoms with van der Waals surface area (Å²) in [5.74, 6) is 1.70. The van der Waals surface area contributed by atoms with Crippen LogP contribution in [-0.2, 0) is 0 Å². The molecule has 1 aromatic carbocycles. The van der Waals surface area contributed by atoms with E-state index in [0.29, 0.717) is 40.4 Å². The molecule has 4 nitrogen and oxygen atoms in total. The van der Waals surface area contributed by atoms with E-state index in [1.165, 1.54) is 12.8 Å². The predicted octanol–water partition coefficient (Wildman–Crippen LogP) is 5.32. The molecule has 156 valence electrons. The SMILES string of the molecule is CC(C)CCOc1ccccc1C(=O)NC(=S)NC1CCC(C(C)(C)C)CC1. The minimum absolute atomic E-state index is 0.221. The summed E-state index contributed by atoms with van der Waals surface area (Å²) in [6, 6.07) is 7.67. The van der Waals surface area contributed by atoms with Crippen LogP contribution in [0, 0.1) is 17.3 Å². The van der Waals surface area contributed by atoms with Gasteiger partial charge in [-0.25, -0.2) is 0 Å². The molecule has 0 heterocycles. The molecule has 1 aliphatic rings. The monoisotopic (exact) mass is 404 g/mol. The minimum Gasteiger partial charge on any atom is -0.493 e. The van der Waals surface area contributed by atoms with Gasteiger partial charge in [0, 0.05) is 6.04 Å². The molecule has 0 saturated heterocycles. The van der Waals surface area contributed by atoms with Crippen molar-refractivity contribution in [2.75, 3.05) is 6.61 Å². The van der Waals surface area contributed by atoms with Gasteiger partial charge in [0.25, 0.3) is 5.91 Å². The topological polar surface area (TPSA) is 50.4 Å². The lowest BCUT2D eigenvalue weighted by Gasteiger charge is -2.37. The molecule has 5 heteroatoms. The highest BCUT2D eigenvalue weighted by Gasteiger charge is 2.30. The predicted molar refractivity (Wildman–Crippen MR) is 120 cm³/mol. The molecule has 2 rings (SSSR count). The van der Waals surface area contributed by atoms with Crippen LogP contribution >= 0.6 is 12.2 Å². The van der Waals surface area contributed by atoms with Crippen LogP contribution < -0.4 is 15.4 Å². The second-order valence-corrected chi connectivity index (χ2v) is 9.78. The average molecular weight is 405 g/mol. The van der Waals surface area contributed by atoms with E-state index in [1.807, 2.05) is 18.2 Å². The quantitative estimate of drug-likeness (QED) is 0.630. The molecule has 1 aliphatic carbocycles. The smallest absolute Gasteiger partial charge is 0.261 e. The third kappa shape index (κ3) is 7.08. The van der Waals surface area contributed by atoms with Crippen LogP contribution in [0.15, 0.2) is 24.3 Å². The first-order valence-corrected chi connectivity index (χ1v) is 10.9. The Labute approximate surface area is 175 Å². The van der Waals surface area contributed by atoms with Crippen molar-refractivity contribution in [2.24, 2.45) is 17.3 Å². The molecule has 0 aliphatic heterocycles. The van der Waals surface area contributed by atoms with E-state index in [2.05, 4.69) is 45.3 Å². The molecule has 0 radical (unpaired) electrons. The molecule has 1 amide bonds. The Morgan fingerprint density at radius 2 is 1.82 bits per heavy atom. The van der Waals surface area contributed by atoms with Gasteiger partial charge in [0.2, 0.25) is 0 Å². The molecule has 1 saturated carbocycles. The van der Waals surface area contributed by atoms with Crippen LogP contribution in [-0.4, -0.2) is 23.7 Å². The number of hydrogen-bond donors (Lipinski definition) is 2. The van der Waals surface area contributed by atoms with Crippen molar-refractivity contribution in [3.8, 4) is 5.75 Å². The maximum Gasteiger partial charge on any atom is 0.261 e. The van der Waals surface area contributed by atoms with Gasteiger partial charge >= 0.3 is 0 Å². The Hall–Kier alpha value is -1.62. The van der Waals surface area contributed by atoms with E-state index in [9.17, 15) is 4.79 Å². The van der Waals surface area contributed by atoms with Gasteiger partial charge in [0.1, 0.15) is 5.75 Å². The van der Waals surface area contributed by atoms with Gasteiger partial charge in [-0.2, -0.15) is 0 Å². The van der Waals surface area contributed by atoms with Crippen molar-refractivity contribution in [3.63, 3.8) is 0 Å². The molecular formula is C23H36N2O2S. The summed E-state index contributed by atoms with van der Waals surface area (Å²) in [5.41, 5.74) is 0.880. The third-order valence-corrected chi connectivity index (χ3v) is 5.82. The van der Waals surface area contributed by atoms with Crippen LogP contribution in [0.1, 0.15) is 77.1 Å². The third-order valence-electron chi connectivity index (χ3n) is 5.60. The van der Waals surface area contributed by atoms with Gasteiger partial charge < -0.3 is 10.1 Å². The highest BCUT2D eigenvalue weighted by molar-refractivity contribution is 7.80. The zero-order valence-electron chi connectivity index (χ0n) is 18.0. The molecule has 0 atom stereocenters. The van der Waals surface area contributed by atoms with Crippen LogP contribution in [0.5, 0.6) is 5.75 Å². The van der Waals surface area contributed by atoms with Crippen LogP contribution in [0.4, 0.5) is 0 Å². The summed E-state index contributed by atoms with van der Waals surface area (Å²) in [5, 5.41) is 6.56. The van der Waals surface area contributed by atoms with Gasteiger partial charge in [0.15, 0.2) is 5.11 Å². The number of para-hydroxylation sites is 1. The van der Waals surface area contributed by atoms with Crippen LogP contribution in [0.2, 0.25) is 0 Å². The first kappa shape index (κ1) is 22.7. The van der Waals surface area contributed by atoms with Crippen LogP contribution in [0.3, 0.4) is 0 Å². The lowest BCUT2D eigenvalue weighted by atomic mass is 9.71.